The summed E-state index contributed by atoms with van der Waals surface area (Å²) in [5, 5.41) is 13.0. The van der Waals surface area contributed by atoms with Crippen molar-refractivity contribution in [2.24, 2.45) is 0 Å². The fraction of sp³-hybridized carbons (Fsp3) is 0.368. The molecule has 136 valence electrons. The number of nitrogens with zero attached hydrogens (tertiary/aromatic N) is 4. The SMILES string of the molecule is Cc1cc(C)n(C[C@@H](C)NC(=O)Cn2nc(C)c3ccccc3c2=O)n1. The Morgan fingerprint density at radius 3 is 2.46 bits per heavy atom. The number of amides is 1. The zero-order chi connectivity index (χ0) is 18.8. The Kier molecular flexibility index (Phi) is 4.88. The first kappa shape index (κ1) is 17.8. The molecule has 0 fully saturated rings. The molecule has 1 amide bonds. The van der Waals surface area contributed by atoms with E-state index in [2.05, 4.69) is 15.5 Å². The number of carbonyl (C=O) groups excluding carboxylic acids is 1. The first-order valence-electron chi connectivity index (χ1n) is 8.62. The lowest BCUT2D eigenvalue weighted by Crippen LogP contribution is -2.40. The van der Waals surface area contributed by atoms with Gasteiger partial charge in [0.05, 0.1) is 23.3 Å². The van der Waals surface area contributed by atoms with Crippen LogP contribution in [-0.2, 0) is 17.9 Å². The fourth-order valence-electron chi connectivity index (χ4n) is 3.13. The Labute approximate surface area is 151 Å². The lowest BCUT2D eigenvalue weighted by Gasteiger charge is -2.15. The highest BCUT2D eigenvalue weighted by atomic mass is 16.2. The topological polar surface area (TPSA) is 81.8 Å². The summed E-state index contributed by atoms with van der Waals surface area (Å²) >= 11 is 0. The number of hydrogen-bond donors (Lipinski definition) is 1. The van der Waals surface area contributed by atoms with Crippen LogP contribution >= 0.6 is 0 Å². The molecule has 0 aliphatic carbocycles. The molecule has 26 heavy (non-hydrogen) atoms. The molecule has 1 aromatic carbocycles. The van der Waals surface area contributed by atoms with Gasteiger partial charge in [-0.25, -0.2) is 4.68 Å². The maximum atomic E-state index is 12.5. The third-order valence-electron chi connectivity index (χ3n) is 4.30. The van der Waals surface area contributed by atoms with Crippen molar-refractivity contribution in [1.29, 1.82) is 0 Å². The van der Waals surface area contributed by atoms with Crippen molar-refractivity contribution in [2.45, 2.75) is 46.8 Å². The highest BCUT2D eigenvalue weighted by molar-refractivity contribution is 5.83. The molecule has 2 heterocycles. The second-order valence-electron chi connectivity index (χ2n) is 6.67. The van der Waals surface area contributed by atoms with Crippen LogP contribution in [0.5, 0.6) is 0 Å². The second kappa shape index (κ2) is 7.11. The van der Waals surface area contributed by atoms with Gasteiger partial charge in [-0.3, -0.25) is 14.3 Å². The molecule has 3 aromatic rings. The van der Waals surface area contributed by atoms with Gasteiger partial charge in [-0.2, -0.15) is 10.2 Å². The van der Waals surface area contributed by atoms with Crippen molar-refractivity contribution in [3.8, 4) is 0 Å². The van der Waals surface area contributed by atoms with Crippen molar-refractivity contribution in [1.82, 2.24) is 24.9 Å². The standard InChI is InChI=1S/C19H23N5O2/c1-12-9-14(3)23(21-12)10-13(2)20-18(25)11-24-19(26)17-8-6-5-7-16(17)15(4)22-24/h5-9,13H,10-11H2,1-4H3,(H,20,25)/t13-/m1/s1. The molecule has 0 aliphatic heterocycles. The Morgan fingerprint density at radius 2 is 1.81 bits per heavy atom. The van der Waals surface area contributed by atoms with E-state index >= 15 is 0 Å². The Hall–Kier alpha value is -2.96. The number of hydrogen-bond acceptors (Lipinski definition) is 4. The van der Waals surface area contributed by atoms with E-state index in [0.717, 1.165) is 22.5 Å². The van der Waals surface area contributed by atoms with Crippen LogP contribution in [0.15, 0.2) is 35.1 Å². The number of aryl methyl sites for hydroxylation is 3. The molecular weight excluding hydrogens is 330 g/mol. The predicted octanol–water partition coefficient (Wildman–Crippen LogP) is 1.72. The molecule has 0 spiro atoms. The minimum absolute atomic E-state index is 0.105. The molecule has 3 rings (SSSR count). The van der Waals surface area contributed by atoms with Crippen molar-refractivity contribution < 1.29 is 4.79 Å². The summed E-state index contributed by atoms with van der Waals surface area (Å²) in [6, 6.07) is 9.18. The van der Waals surface area contributed by atoms with Crippen LogP contribution in [0.25, 0.3) is 10.8 Å². The van der Waals surface area contributed by atoms with Crippen LogP contribution in [0.4, 0.5) is 0 Å². The Balaban J connectivity index is 1.72. The minimum atomic E-state index is -0.257. The molecule has 1 atom stereocenters. The number of benzene rings is 1. The molecule has 0 aliphatic rings. The van der Waals surface area contributed by atoms with Gasteiger partial charge in [0.15, 0.2) is 0 Å². The third-order valence-corrected chi connectivity index (χ3v) is 4.30. The van der Waals surface area contributed by atoms with E-state index in [4.69, 9.17) is 0 Å². The van der Waals surface area contributed by atoms with E-state index in [0.29, 0.717) is 11.9 Å². The average Bonchev–Trinajstić information content (AvgIpc) is 2.89. The van der Waals surface area contributed by atoms with Crippen molar-refractivity contribution in [3.05, 3.63) is 57.8 Å². The molecule has 7 heteroatoms. The number of fused-ring (bicyclic) bond motifs is 1. The van der Waals surface area contributed by atoms with Gasteiger partial charge >= 0.3 is 0 Å². The van der Waals surface area contributed by atoms with E-state index in [1.165, 1.54) is 4.68 Å². The van der Waals surface area contributed by atoms with E-state index in [-0.39, 0.29) is 24.1 Å². The lowest BCUT2D eigenvalue weighted by molar-refractivity contribution is -0.122. The number of carbonyl (C=O) groups is 1. The Bertz CT molecular complexity index is 1020. The van der Waals surface area contributed by atoms with Crippen LogP contribution in [-0.4, -0.2) is 31.5 Å². The molecule has 0 saturated heterocycles. The van der Waals surface area contributed by atoms with Crippen molar-refractivity contribution >= 4 is 16.7 Å². The smallest absolute Gasteiger partial charge is 0.275 e. The van der Waals surface area contributed by atoms with Crippen LogP contribution in [0.3, 0.4) is 0 Å². The molecular formula is C19H23N5O2. The van der Waals surface area contributed by atoms with Gasteiger partial charge in [-0.15, -0.1) is 0 Å². The van der Waals surface area contributed by atoms with Gasteiger partial charge in [0.2, 0.25) is 5.91 Å². The summed E-state index contributed by atoms with van der Waals surface area (Å²) in [5.41, 5.74) is 2.46. The minimum Gasteiger partial charge on any atom is -0.350 e. The van der Waals surface area contributed by atoms with Gasteiger partial charge in [-0.1, -0.05) is 18.2 Å². The fourth-order valence-corrected chi connectivity index (χ4v) is 3.13. The van der Waals surface area contributed by atoms with Gasteiger partial charge in [0.25, 0.3) is 5.56 Å². The van der Waals surface area contributed by atoms with Gasteiger partial charge in [-0.05, 0) is 39.8 Å². The zero-order valence-electron chi connectivity index (χ0n) is 15.5. The second-order valence-corrected chi connectivity index (χ2v) is 6.67. The third kappa shape index (κ3) is 3.66. The van der Waals surface area contributed by atoms with Gasteiger partial charge in [0, 0.05) is 17.1 Å². The number of nitrogens with one attached hydrogen (secondary N) is 1. The van der Waals surface area contributed by atoms with Crippen molar-refractivity contribution in [3.63, 3.8) is 0 Å². The van der Waals surface area contributed by atoms with Gasteiger partial charge in [0.1, 0.15) is 6.54 Å². The summed E-state index contributed by atoms with van der Waals surface area (Å²) in [7, 11) is 0. The molecule has 7 nitrogen and oxygen atoms in total. The molecule has 2 aromatic heterocycles. The van der Waals surface area contributed by atoms with Crippen LogP contribution in [0.1, 0.15) is 24.0 Å². The maximum Gasteiger partial charge on any atom is 0.275 e. The van der Waals surface area contributed by atoms with E-state index in [1.807, 2.05) is 56.6 Å². The molecule has 0 bridgehead atoms. The van der Waals surface area contributed by atoms with Crippen LogP contribution < -0.4 is 10.9 Å². The van der Waals surface area contributed by atoms with E-state index in [9.17, 15) is 9.59 Å². The predicted molar refractivity (Wildman–Crippen MR) is 100 cm³/mol. The highest BCUT2D eigenvalue weighted by Gasteiger charge is 2.14. The maximum absolute atomic E-state index is 12.5. The summed E-state index contributed by atoms with van der Waals surface area (Å²) < 4.78 is 3.09. The first-order chi connectivity index (χ1) is 12.3. The highest BCUT2D eigenvalue weighted by Crippen LogP contribution is 2.11. The van der Waals surface area contributed by atoms with Gasteiger partial charge < -0.3 is 5.32 Å². The lowest BCUT2D eigenvalue weighted by atomic mass is 10.1. The van der Waals surface area contributed by atoms with E-state index in [1.54, 1.807) is 6.07 Å². The summed E-state index contributed by atoms with van der Waals surface area (Å²) in [5.74, 6) is -0.247. The number of aromatic nitrogens is 4. The summed E-state index contributed by atoms with van der Waals surface area (Å²) in [4.78, 5) is 24.9. The summed E-state index contributed by atoms with van der Waals surface area (Å²) in [6.45, 7) is 8.14. The van der Waals surface area contributed by atoms with E-state index < -0.39 is 0 Å². The molecule has 0 unspecified atom stereocenters. The van der Waals surface area contributed by atoms with Crippen LogP contribution in [0.2, 0.25) is 0 Å². The summed E-state index contributed by atoms with van der Waals surface area (Å²) in [6.07, 6.45) is 0. The molecule has 0 radical (unpaired) electrons. The first-order valence-corrected chi connectivity index (χ1v) is 8.62. The largest absolute Gasteiger partial charge is 0.350 e. The average molecular weight is 353 g/mol. The van der Waals surface area contributed by atoms with Crippen LogP contribution in [0, 0.1) is 20.8 Å². The quantitative estimate of drug-likeness (QED) is 0.757. The number of rotatable bonds is 5. The normalized spacial score (nSPS) is 12.3. The monoisotopic (exact) mass is 353 g/mol. The Morgan fingerprint density at radius 1 is 1.12 bits per heavy atom. The molecule has 0 saturated carbocycles. The zero-order valence-corrected chi connectivity index (χ0v) is 15.5. The van der Waals surface area contributed by atoms with Crippen molar-refractivity contribution in [2.75, 3.05) is 0 Å². The molecule has 1 N–H and O–H groups in total.